The van der Waals surface area contributed by atoms with E-state index in [4.69, 9.17) is 0 Å². The summed E-state index contributed by atoms with van der Waals surface area (Å²) in [4.78, 5) is 22.8. The van der Waals surface area contributed by atoms with E-state index in [9.17, 15) is 14.9 Å². The molecule has 0 unspecified atom stereocenters. The lowest BCUT2D eigenvalue weighted by Gasteiger charge is -2.19. The summed E-state index contributed by atoms with van der Waals surface area (Å²) in [6, 6.07) is 14.9. The highest BCUT2D eigenvalue weighted by atomic mass is 16.6. The van der Waals surface area contributed by atoms with E-state index >= 15 is 0 Å². The molecule has 3 rings (SSSR count). The second-order valence-electron chi connectivity index (χ2n) is 8.25. The van der Waals surface area contributed by atoms with Gasteiger partial charge >= 0.3 is 0 Å². The van der Waals surface area contributed by atoms with Crippen LogP contribution in [0.1, 0.15) is 49.8 Å². The van der Waals surface area contributed by atoms with Crippen LogP contribution in [0.2, 0.25) is 0 Å². The van der Waals surface area contributed by atoms with Gasteiger partial charge in [0.25, 0.3) is 5.69 Å². The number of hydrazone groups is 1. The molecular formula is C23H25N3O3. The van der Waals surface area contributed by atoms with E-state index in [1.807, 2.05) is 0 Å². The molecule has 2 aromatic rings. The number of benzene rings is 2. The number of para-hydroxylation sites is 1. The summed E-state index contributed by atoms with van der Waals surface area (Å²) in [7, 11) is 0. The Morgan fingerprint density at radius 2 is 1.86 bits per heavy atom. The maximum Gasteiger partial charge on any atom is 0.276 e. The minimum atomic E-state index is -0.431. The fourth-order valence-electron chi connectivity index (χ4n) is 3.25. The number of nitrogens with zero attached hydrogens (tertiary/aromatic N) is 2. The molecule has 1 amide bonds. The van der Waals surface area contributed by atoms with Crippen LogP contribution in [-0.2, 0) is 10.2 Å². The van der Waals surface area contributed by atoms with Crippen LogP contribution in [0.15, 0.2) is 59.7 Å². The van der Waals surface area contributed by atoms with Crippen molar-refractivity contribution in [3.8, 4) is 0 Å². The van der Waals surface area contributed by atoms with Gasteiger partial charge in [-0.25, -0.2) is 5.43 Å². The number of hydrogen-bond donors (Lipinski definition) is 1. The fourth-order valence-corrected chi connectivity index (χ4v) is 3.25. The zero-order valence-electron chi connectivity index (χ0n) is 16.8. The molecule has 2 aromatic carbocycles. The lowest BCUT2D eigenvalue weighted by Crippen LogP contribution is -2.19. The Labute approximate surface area is 170 Å². The van der Waals surface area contributed by atoms with Crippen molar-refractivity contribution in [2.75, 3.05) is 0 Å². The third-order valence-electron chi connectivity index (χ3n) is 5.08. The van der Waals surface area contributed by atoms with Crippen LogP contribution in [0.5, 0.6) is 0 Å². The van der Waals surface area contributed by atoms with E-state index in [-0.39, 0.29) is 28.8 Å². The predicted octanol–water partition coefficient (Wildman–Crippen LogP) is 4.81. The van der Waals surface area contributed by atoms with Gasteiger partial charge in [-0.15, -0.1) is 0 Å². The summed E-state index contributed by atoms with van der Waals surface area (Å²) in [5, 5.41) is 14.9. The summed E-state index contributed by atoms with van der Waals surface area (Å²) in [6.45, 7) is 6.54. The highest BCUT2D eigenvalue weighted by Gasteiger charge is 2.43. The SMILES string of the molecule is CC(C)(C)c1ccc([C@H]2C[C@@H]2C(=O)N/N=C/C=C/c2ccccc2[N+](=O)[O-])cc1. The fraction of sp³-hybridized carbons (Fsp3) is 0.304. The quantitative estimate of drug-likeness (QED) is 0.436. The van der Waals surface area contributed by atoms with E-state index in [0.717, 1.165) is 6.42 Å². The van der Waals surface area contributed by atoms with Gasteiger partial charge in [-0.3, -0.25) is 14.9 Å². The summed E-state index contributed by atoms with van der Waals surface area (Å²) in [5.74, 6) is 0.0683. The number of hydrogen-bond acceptors (Lipinski definition) is 4. The van der Waals surface area contributed by atoms with E-state index in [0.29, 0.717) is 5.56 Å². The van der Waals surface area contributed by atoms with Crippen molar-refractivity contribution in [2.24, 2.45) is 11.0 Å². The van der Waals surface area contributed by atoms with E-state index in [2.05, 4.69) is 55.6 Å². The van der Waals surface area contributed by atoms with Crippen molar-refractivity contribution in [3.05, 3.63) is 81.4 Å². The van der Waals surface area contributed by atoms with Gasteiger partial charge in [0.1, 0.15) is 0 Å². The van der Waals surface area contributed by atoms with Crippen molar-refractivity contribution in [3.63, 3.8) is 0 Å². The molecule has 0 radical (unpaired) electrons. The van der Waals surface area contributed by atoms with Crippen molar-refractivity contribution in [1.82, 2.24) is 5.43 Å². The molecule has 1 aliphatic rings. The molecular weight excluding hydrogens is 366 g/mol. The summed E-state index contributed by atoms with van der Waals surface area (Å²) in [6.07, 6.45) is 5.40. The second kappa shape index (κ2) is 8.39. The Bertz CT molecular complexity index is 956. The summed E-state index contributed by atoms with van der Waals surface area (Å²) in [5.41, 5.74) is 5.63. The smallest absolute Gasteiger partial charge is 0.273 e. The number of carbonyl (C=O) groups excluding carboxylic acids is 1. The molecule has 1 aliphatic carbocycles. The first-order chi connectivity index (χ1) is 13.8. The molecule has 6 nitrogen and oxygen atoms in total. The van der Waals surface area contributed by atoms with Gasteiger partial charge in [-0.2, -0.15) is 5.10 Å². The van der Waals surface area contributed by atoms with Gasteiger partial charge in [0, 0.05) is 18.2 Å². The van der Waals surface area contributed by atoms with Crippen molar-refractivity contribution < 1.29 is 9.72 Å². The monoisotopic (exact) mass is 391 g/mol. The van der Waals surface area contributed by atoms with Crippen LogP contribution >= 0.6 is 0 Å². The van der Waals surface area contributed by atoms with Crippen molar-refractivity contribution in [1.29, 1.82) is 0 Å². The molecule has 0 aliphatic heterocycles. The Balaban J connectivity index is 1.51. The molecule has 1 N–H and O–H groups in total. The zero-order chi connectivity index (χ0) is 21.0. The average molecular weight is 391 g/mol. The van der Waals surface area contributed by atoms with Crippen LogP contribution in [0.4, 0.5) is 5.69 Å². The molecule has 0 saturated heterocycles. The minimum Gasteiger partial charge on any atom is -0.273 e. The Hall–Kier alpha value is -3.28. The van der Waals surface area contributed by atoms with Gasteiger partial charge in [0.15, 0.2) is 0 Å². The lowest BCUT2D eigenvalue weighted by atomic mass is 9.86. The van der Waals surface area contributed by atoms with Crippen LogP contribution in [-0.4, -0.2) is 17.0 Å². The average Bonchev–Trinajstić information content (AvgIpc) is 3.48. The second-order valence-corrected chi connectivity index (χ2v) is 8.25. The molecule has 150 valence electrons. The largest absolute Gasteiger partial charge is 0.276 e. The van der Waals surface area contributed by atoms with Gasteiger partial charge in [0.05, 0.1) is 10.5 Å². The summed E-state index contributed by atoms with van der Waals surface area (Å²) >= 11 is 0. The first kappa shape index (κ1) is 20.5. The van der Waals surface area contributed by atoms with Crippen molar-refractivity contribution >= 4 is 23.9 Å². The van der Waals surface area contributed by atoms with Gasteiger partial charge in [-0.05, 0) is 47.1 Å². The predicted molar refractivity (Wildman–Crippen MR) is 115 cm³/mol. The third-order valence-corrected chi connectivity index (χ3v) is 5.08. The Morgan fingerprint density at radius 1 is 1.17 bits per heavy atom. The summed E-state index contributed by atoms with van der Waals surface area (Å²) < 4.78 is 0. The number of nitrogens with one attached hydrogen (secondary N) is 1. The number of rotatable bonds is 6. The molecule has 0 heterocycles. The first-order valence-electron chi connectivity index (χ1n) is 9.61. The van der Waals surface area contributed by atoms with Gasteiger partial charge in [-0.1, -0.05) is 57.2 Å². The third kappa shape index (κ3) is 5.16. The number of allylic oxidation sites excluding steroid dienone is 1. The van der Waals surface area contributed by atoms with E-state index < -0.39 is 4.92 Å². The zero-order valence-corrected chi connectivity index (χ0v) is 16.8. The topological polar surface area (TPSA) is 84.6 Å². The van der Waals surface area contributed by atoms with Crippen LogP contribution in [0, 0.1) is 16.0 Å². The number of nitro benzene ring substituents is 1. The first-order valence-corrected chi connectivity index (χ1v) is 9.61. The Kier molecular flexibility index (Phi) is 5.92. The van der Waals surface area contributed by atoms with Crippen LogP contribution in [0.3, 0.4) is 0 Å². The minimum absolute atomic E-state index is 0.0273. The maximum absolute atomic E-state index is 12.3. The van der Waals surface area contributed by atoms with E-state index in [1.165, 1.54) is 23.4 Å². The normalized spacial score (nSPS) is 18.9. The molecule has 0 spiro atoms. The molecule has 0 bridgehead atoms. The van der Waals surface area contributed by atoms with Crippen molar-refractivity contribution in [2.45, 2.75) is 38.5 Å². The standard InChI is InChI=1S/C23H25N3O3/c1-23(2,3)18-12-10-16(11-13-18)19-15-20(19)22(27)25-24-14-6-8-17-7-4-5-9-21(17)26(28)29/h4-14,19-20H,15H2,1-3H3,(H,25,27)/b8-6+,24-14+/t19-,20+/m1/s1. The molecule has 6 heteroatoms. The highest BCUT2D eigenvalue weighted by Crippen LogP contribution is 2.47. The van der Waals surface area contributed by atoms with Gasteiger partial charge in [0.2, 0.25) is 5.91 Å². The molecule has 1 saturated carbocycles. The number of carbonyl (C=O) groups is 1. The number of amides is 1. The molecule has 2 atom stereocenters. The Morgan fingerprint density at radius 3 is 2.52 bits per heavy atom. The molecule has 29 heavy (non-hydrogen) atoms. The van der Waals surface area contributed by atoms with Gasteiger partial charge < -0.3 is 0 Å². The highest BCUT2D eigenvalue weighted by molar-refractivity contribution is 5.85. The molecule has 1 fully saturated rings. The van der Waals surface area contributed by atoms with E-state index in [1.54, 1.807) is 30.4 Å². The van der Waals surface area contributed by atoms with Crippen LogP contribution < -0.4 is 5.43 Å². The lowest BCUT2D eigenvalue weighted by molar-refractivity contribution is -0.385. The molecule has 0 aromatic heterocycles. The maximum atomic E-state index is 12.3. The number of nitro groups is 1. The van der Waals surface area contributed by atoms with Crippen LogP contribution in [0.25, 0.3) is 6.08 Å².